The number of aliphatic hydroxyl groups is 2. The Balaban J connectivity index is 1.52. The maximum atomic E-state index is 11.0. The predicted molar refractivity (Wildman–Crippen MR) is 117 cm³/mol. The quantitative estimate of drug-likeness (QED) is 0.607. The highest BCUT2D eigenvalue weighted by Gasteiger charge is 2.61. The normalized spacial score (nSPS) is 47.9. The Kier molecular flexibility index (Phi) is 5.99. The molecule has 3 unspecified atom stereocenters. The van der Waals surface area contributed by atoms with Crippen LogP contribution in [0.4, 0.5) is 0 Å². The minimum absolute atomic E-state index is 0.124. The second-order valence-electron chi connectivity index (χ2n) is 11.7. The van der Waals surface area contributed by atoms with Crippen molar-refractivity contribution in [3.8, 4) is 0 Å². The molecular formula is C26H44O3. The Morgan fingerprint density at radius 1 is 1.10 bits per heavy atom. The van der Waals surface area contributed by atoms with Gasteiger partial charge in [-0.3, -0.25) is 0 Å². The lowest BCUT2D eigenvalue weighted by atomic mass is 9.46. The summed E-state index contributed by atoms with van der Waals surface area (Å²) in [7, 11) is 0. The van der Waals surface area contributed by atoms with Crippen molar-refractivity contribution in [2.24, 2.45) is 40.4 Å². The van der Waals surface area contributed by atoms with Gasteiger partial charge in [0.15, 0.2) is 0 Å². The Bertz CT molecular complexity index is 627. The van der Waals surface area contributed by atoms with Gasteiger partial charge in [-0.05, 0) is 86.9 Å². The van der Waals surface area contributed by atoms with E-state index in [4.69, 9.17) is 4.74 Å². The summed E-state index contributed by atoms with van der Waals surface area (Å²) < 4.78 is 6.34. The van der Waals surface area contributed by atoms with Crippen molar-refractivity contribution < 1.29 is 14.9 Å². The average Bonchev–Trinajstić information content (AvgIpc) is 3.00. The van der Waals surface area contributed by atoms with Gasteiger partial charge in [-0.15, -0.1) is 0 Å². The van der Waals surface area contributed by atoms with Gasteiger partial charge >= 0.3 is 0 Å². The van der Waals surface area contributed by atoms with Crippen LogP contribution >= 0.6 is 0 Å². The lowest BCUT2D eigenvalue weighted by Gasteiger charge is -2.59. The summed E-state index contributed by atoms with van der Waals surface area (Å²) >= 11 is 0. The third-order valence-electron chi connectivity index (χ3n) is 9.89. The molecule has 0 aromatic heterocycles. The largest absolute Gasteiger partial charge is 0.393 e. The molecule has 3 heteroatoms. The van der Waals surface area contributed by atoms with Crippen LogP contribution in [0.2, 0.25) is 0 Å². The lowest BCUT2D eigenvalue weighted by molar-refractivity contribution is -0.116. The molecule has 4 aliphatic carbocycles. The van der Waals surface area contributed by atoms with Gasteiger partial charge in [0.2, 0.25) is 0 Å². The third kappa shape index (κ3) is 3.53. The van der Waals surface area contributed by atoms with Crippen molar-refractivity contribution in [1.82, 2.24) is 0 Å². The molecule has 0 amide bonds. The maximum absolute atomic E-state index is 11.0. The molecule has 0 aromatic rings. The van der Waals surface area contributed by atoms with Crippen molar-refractivity contribution in [1.29, 1.82) is 0 Å². The fourth-order valence-electron chi connectivity index (χ4n) is 8.12. The fourth-order valence-corrected chi connectivity index (χ4v) is 8.12. The average molecular weight is 405 g/mol. The van der Waals surface area contributed by atoms with Crippen LogP contribution in [0.5, 0.6) is 0 Å². The minimum atomic E-state index is -0.398. The van der Waals surface area contributed by atoms with Gasteiger partial charge in [0, 0.05) is 18.4 Å². The lowest BCUT2D eigenvalue weighted by Crippen LogP contribution is -2.56. The summed E-state index contributed by atoms with van der Waals surface area (Å²) in [5, 5.41) is 21.2. The van der Waals surface area contributed by atoms with E-state index in [2.05, 4.69) is 40.7 Å². The first-order valence-corrected chi connectivity index (χ1v) is 12.3. The van der Waals surface area contributed by atoms with Crippen molar-refractivity contribution >= 4 is 0 Å². The smallest absolute Gasteiger partial charge is 0.0658 e. The zero-order valence-corrected chi connectivity index (χ0v) is 19.4. The Morgan fingerprint density at radius 3 is 2.59 bits per heavy atom. The van der Waals surface area contributed by atoms with E-state index in [9.17, 15) is 10.2 Å². The molecule has 0 saturated heterocycles. The molecule has 4 rings (SSSR count). The van der Waals surface area contributed by atoms with Crippen LogP contribution in [0.25, 0.3) is 0 Å². The molecule has 29 heavy (non-hydrogen) atoms. The fraction of sp³-hybridized carbons (Fsp3) is 0.923. The number of hydrogen-bond acceptors (Lipinski definition) is 3. The molecule has 166 valence electrons. The van der Waals surface area contributed by atoms with E-state index >= 15 is 0 Å². The predicted octanol–water partition coefficient (Wildman–Crippen LogP) is 5.35. The molecule has 3 fully saturated rings. The molecule has 0 aromatic carbocycles. The summed E-state index contributed by atoms with van der Waals surface area (Å²) in [5.41, 5.74) is 1.59. The Morgan fingerprint density at radius 2 is 1.86 bits per heavy atom. The van der Waals surface area contributed by atoms with Crippen LogP contribution in [0.1, 0.15) is 86.0 Å². The minimum Gasteiger partial charge on any atom is -0.393 e. The molecular weight excluding hydrogens is 360 g/mol. The van der Waals surface area contributed by atoms with E-state index in [1.807, 2.05) is 0 Å². The standard InChI is InChI=1S/C26H44O3/c1-16(2)11-13-29-17(3)21-8-9-22-20-7-6-18-14-19(27)15-24(28)26(18,5)23(20)10-12-25(21,22)4/h6,16-17,19-24,27-28H,7-15H2,1-5H3/t17?,19?,20-,21+,22-,23-,24?,25+,26-/m0/s1. The summed E-state index contributed by atoms with van der Waals surface area (Å²) in [4.78, 5) is 0. The van der Waals surface area contributed by atoms with E-state index in [1.54, 1.807) is 0 Å². The number of allylic oxidation sites excluding steroid dienone is 1. The van der Waals surface area contributed by atoms with Gasteiger partial charge < -0.3 is 14.9 Å². The molecule has 3 nitrogen and oxygen atoms in total. The first-order valence-electron chi connectivity index (χ1n) is 12.3. The van der Waals surface area contributed by atoms with Crippen LogP contribution in [0, 0.1) is 40.4 Å². The second-order valence-corrected chi connectivity index (χ2v) is 11.7. The van der Waals surface area contributed by atoms with E-state index in [0.29, 0.717) is 41.6 Å². The van der Waals surface area contributed by atoms with E-state index < -0.39 is 6.10 Å². The Labute approximate surface area is 178 Å². The highest BCUT2D eigenvalue weighted by Crippen LogP contribution is 2.66. The SMILES string of the molecule is CC(C)CCOC(C)[C@H]1CC[C@H]2[C@@H]3CC=C4CC(O)CC(O)[C@]4(C)[C@H]3CC[C@]12C. The first-order chi connectivity index (χ1) is 13.7. The van der Waals surface area contributed by atoms with Gasteiger partial charge in [0.05, 0.1) is 18.3 Å². The van der Waals surface area contributed by atoms with E-state index in [0.717, 1.165) is 31.8 Å². The van der Waals surface area contributed by atoms with Crippen molar-refractivity contribution in [3.05, 3.63) is 11.6 Å². The highest BCUT2D eigenvalue weighted by atomic mass is 16.5. The van der Waals surface area contributed by atoms with Crippen molar-refractivity contribution in [2.75, 3.05) is 6.61 Å². The summed E-state index contributed by atoms with van der Waals surface area (Å²) in [6.07, 6.45) is 10.7. The molecule has 3 saturated carbocycles. The molecule has 0 spiro atoms. The van der Waals surface area contributed by atoms with Crippen LogP contribution in [0.15, 0.2) is 11.6 Å². The van der Waals surface area contributed by atoms with Crippen LogP contribution < -0.4 is 0 Å². The molecule has 4 aliphatic rings. The summed E-state index contributed by atoms with van der Waals surface area (Å²) in [6, 6.07) is 0. The zero-order valence-electron chi connectivity index (χ0n) is 19.4. The van der Waals surface area contributed by atoms with Crippen molar-refractivity contribution in [2.45, 2.75) is 104 Å². The number of hydrogen-bond donors (Lipinski definition) is 2. The molecule has 9 atom stereocenters. The maximum Gasteiger partial charge on any atom is 0.0658 e. The van der Waals surface area contributed by atoms with Gasteiger partial charge in [0.25, 0.3) is 0 Å². The number of aliphatic hydroxyl groups excluding tert-OH is 2. The number of rotatable bonds is 5. The first kappa shape index (κ1) is 21.8. The molecule has 0 bridgehead atoms. The topological polar surface area (TPSA) is 49.7 Å². The van der Waals surface area contributed by atoms with Crippen molar-refractivity contribution in [3.63, 3.8) is 0 Å². The van der Waals surface area contributed by atoms with E-state index in [1.165, 1.54) is 31.3 Å². The number of fused-ring (bicyclic) bond motifs is 5. The van der Waals surface area contributed by atoms with Gasteiger partial charge in [-0.25, -0.2) is 0 Å². The monoisotopic (exact) mass is 404 g/mol. The molecule has 2 N–H and O–H groups in total. The summed E-state index contributed by atoms with van der Waals surface area (Å²) in [6.45, 7) is 12.6. The molecule has 0 aliphatic heterocycles. The van der Waals surface area contributed by atoms with Gasteiger partial charge in [0.1, 0.15) is 0 Å². The van der Waals surface area contributed by atoms with Crippen LogP contribution in [0.3, 0.4) is 0 Å². The Hall–Kier alpha value is -0.380. The molecule has 0 radical (unpaired) electrons. The molecule has 0 heterocycles. The second kappa shape index (κ2) is 7.95. The number of ether oxygens (including phenoxy) is 1. The third-order valence-corrected chi connectivity index (χ3v) is 9.89. The van der Waals surface area contributed by atoms with E-state index in [-0.39, 0.29) is 11.5 Å². The van der Waals surface area contributed by atoms with Crippen LogP contribution in [-0.2, 0) is 4.74 Å². The highest BCUT2D eigenvalue weighted by molar-refractivity contribution is 5.27. The van der Waals surface area contributed by atoms with Gasteiger partial charge in [-0.2, -0.15) is 0 Å². The summed E-state index contributed by atoms with van der Waals surface area (Å²) in [5.74, 6) is 3.36. The zero-order chi connectivity index (χ0) is 21.0. The van der Waals surface area contributed by atoms with Gasteiger partial charge in [-0.1, -0.05) is 39.3 Å². The van der Waals surface area contributed by atoms with Crippen LogP contribution in [-0.4, -0.2) is 35.1 Å².